The number of hydrogen-bond acceptors (Lipinski definition) is 6. The number of benzene rings is 1. The molecule has 0 aliphatic carbocycles. The van der Waals surface area contributed by atoms with Crippen LogP contribution in [0.3, 0.4) is 0 Å². The van der Waals surface area contributed by atoms with Crippen LogP contribution in [0.5, 0.6) is 0 Å². The standard InChI is InChI=1S/C14H17NO5/c1-17-4-5-18-6-7-19-14(16)13-9-10-8-11(15)2-3-12(10)20-13/h2-3,8-9H,4-7,15H2,1H3. The van der Waals surface area contributed by atoms with Crippen molar-refractivity contribution in [1.29, 1.82) is 0 Å². The fraction of sp³-hybridized carbons (Fsp3) is 0.357. The zero-order valence-electron chi connectivity index (χ0n) is 11.3. The first-order valence-electron chi connectivity index (χ1n) is 6.23. The first kappa shape index (κ1) is 14.4. The van der Waals surface area contributed by atoms with Crippen molar-refractivity contribution in [1.82, 2.24) is 0 Å². The van der Waals surface area contributed by atoms with Gasteiger partial charge in [-0.15, -0.1) is 0 Å². The number of hydrogen-bond donors (Lipinski definition) is 1. The van der Waals surface area contributed by atoms with Crippen molar-refractivity contribution in [2.24, 2.45) is 0 Å². The van der Waals surface area contributed by atoms with Gasteiger partial charge in [-0.05, 0) is 24.3 Å². The normalized spacial score (nSPS) is 10.8. The fourth-order valence-corrected chi connectivity index (χ4v) is 1.67. The summed E-state index contributed by atoms with van der Waals surface area (Å²) in [5.41, 5.74) is 6.88. The van der Waals surface area contributed by atoms with Crippen molar-refractivity contribution < 1.29 is 23.4 Å². The van der Waals surface area contributed by atoms with E-state index in [1.165, 1.54) is 0 Å². The van der Waals surface area contributed by atoms with Gasteiger partial charge in [0.05, 0.1) is 19.8 Å². The molecule has 6 nitrogen and oxygen atoms in total. The van der Waals surface area contributed by atoms with Crippen molar-refractivity contribution in [3.8, 4) is 0 Å². The predicted molar refractivity (Wildman–Crippen MR) is 73.6 cm³/mol. The Morgan fingerprint density at radius 2 is 2.00 bits per heavy atom. The predicted octanol–water partition coefficient (Wildman–Crippen LogP) is 1.83. The molecule has 0 unspecified atom stereocenters. The second-order valence-electron chi connectivity index (χ2n) is 4.15. The maximum Gasteiger partial charge on any atom is 0.374 e. The molecule has 6 heteroatoms. The van der Waals surface area contributed by atoms with Gasteiger partial charge in [-0.3, -0.25) is 0 Å². The van der Waals surface area contributed by atoms with Crippen LogP contribution in [-0.4, -0.2) is 39.5 Å². The SMILES string of the molecule is COCCOCCOC(=O)c1cc2cc(N)ccc2o1. The van der Waals surface area contributed by atoms with Crippen LogP contribution in [0.2, 0.25) is 0 Å². The lowest BCUT2D eigenvalue weighted by Gasteiger charge is -2.04. The molecular weight excluding hydrogens is 262 g/mol. The van der Waals surface area contributed by atoms with Gasteiger partial charge in [0.1, 0.15) is 12.2 Å². The third kappa shape index (κ3) is 3.72. The number of anilines is 1. The summed E-state index contributed by atoms with van der Waals surface area (Å²) in [5.74, 6) is -0.363. The number of esters is 1. The fourth-order valence-electron chi connectivity index (χ4n) is 1.67. The molecule has 0 aliphatic heterocycles. The minimum atomic E-state index is -0.518. The van der Waals surface area contributed by atoms with Crippen molar-refractivity contribution in [3.05, 3.63) is 30.0 Å². The highest BCUT2D eigenvalue weighted by atomic mass is 16.6. The quantitative estimate of drug-likeness (QED) is 0.473. The van der Waals surface area contributed by atoms with Gasteiger partial charge in [-0.1, -0.05) is 0 Å². The van der Waals surface area contributed by atoms with Crippen LogP contribution >= 0.6 is 0 Å². The average molecular weight is 279 g/mol. The Balaban J connectivity index is 1.85. The summed E-state index contributed by atoms with van der Waals surface area (Å²) < 4.78 is 20.4. The lowest BCUT2D eigenvalue weighted by Crippen LogP contribution is -2.12. The Morgan fingerprint density at radius 1 is 1.20 bits per heavy atom. The van der Waals surface area contributed by atoms with Gasteiger partial charge >= 0.3 is 5.97 Å². The zero-order chi connectivity index (χ0) is 14.4. The summed E-state index contributed by atoms with van der Waals surface area (Å²) >= 11 is 0. The van der Waals surface area contributed by atoms with Crippen LogP contribution in [-0.2, 0) is 14.2 Å². The minimum absolute atomic E-state index is 0.155. The monoisotopic (exact) mass is 279 g/mol. The summed E-state index contributed by atoms with van der Waals surface area (Å²) in [6, 6.07) is 6.78. The van der Waals surface area contributed by atoms with Crippen LogP contribution in [0.4, 0.5) is 5.69 Å². The largest absolute Gasteiger partial charge is 0.457 e. The molecule has 0 saturated carbocycles. The van der Waals surface area contributed by atoms with E-state index >= 15 is 0 Å². The van der Waals surface area contributed by atoms with Gasteiger partial charge in [-0.25, -0.2) is 4.79 Å². The number of methoxy groups -OCH3 is 1. The molecule has 0 saturated heterocycles. The first-order valence-corrected chi connectivity index (χ1v) is 6.23. The Labute approximate surface area is 116 Å². The van der Waals surface area contributed by atoms with Gasteiger partial charge in [0.2, 0.25) is 5.76 Å². The average Bonchev–Trinajstić information content (AvgIpc) is 2.85. The van der Waals surface area contributed by atoms with Crippen molar-refractivity contribution in [3.63, 3.8) is 0 Å². The van der Waals surface area contributed by atoms with Gasteiger partial charge in [-0.2, -0.15) is 0 Å². The van der Waals surface area contributed by atoms with Crippen LogP contribution < -0.4 is 5.73 Å². The van der Waals surface area contributed by atoms with Crippen LogP contribution in [0.25, 0.3) is 11.0 Å². The molecule has 0 bridgehead atoms. The third-order valence-electron chi connectivity index (χ3n) is 2.63. The smallest absolute Gasteiger partial charge is 0.374 e. The van der Waals surface area contributed by atoms with E-state index in [0.717, 1.165) is 5.39 Å². The van der Waals surface area contributed by atoms with E-state index in [-0.39, 0.29) is 12.4 Å². The van der Waals surface area contributed by atoms with E-state index < -0.39 is 5.97 Å². The van der Waals surface area contributed by atoms with Gasteiger partial charge in [0.15, 0.2) is 0 Å². The highest BCUT2D eigenvalue weighted by molar-refractivity contribution is 5.93. The highest BCUT2D eigenvalue weighted by Crippen LogP contribution is 2.22. The van der Waals surface area contributed by atoms with E-state index in [1.54, 1.807) is 31.4 Å². The summed E-state index contributed by atoms with van der Waals surface area (Å²) in [6.07, 6.45) is 0. The van der Waals surface area contributed by atoms with E-state index in [9.17, 15) is 4.79 Å². The molecule has 108 valence electrons. The summed E-state index contributed by atoms with van der Waals surface area (Å²) in [6.45, 7) is 1.47. The second kappa shape index (κ2) is 6.93. The van der Waals surface area contributed by atoms with Gasteiger partial charge in [0.25, 0.3) is 0 Å². The number of carbonyl (C=O) groups excluding carboxylic acids is 1. The lowest BCUT2D eigenvalue weighted by molar-refractivity contribution is 0.0193. The van der Waals surface area contributed by atoms with Crippen molar-refractivity contribution >= 4 is 22.6 Å². The molecule has 0 radical (unpaired) electrons. The molecule has 1 aromatic carbocycles. The molecule has 2 N–H and O–H groups in total. The van der Waals surface area contributed by atoms with E-state index in [4.69, 9.17) is 24.4 Å². The molecule has 1 aromatic heterocycles. The molecule has 0 fully saturated rings. The number of furan rings is 1. The Hall–Kier alpha value is -2.05. The third-order valence-corrected chi connectivity index (χ3v) is 2.63. The minimum Gasteiger partial charge on any atom is -0.457 e. The number of nitrogen functional groups attached to an aromatic ring is 1. The van der Waals surface area contributed by atoms with Crippen molar-refractivity contribution in [2.45, 2.75) is 0 Å². The van der Waals surface area contributed by atoms with Crippen LogP contribution in [0, 0.1) is 0 Å². The van der Waals surface area contributed by atoms with Gasteiger partial charge < -0.3 is 24.4 Å². The molecule has 1 heterocycles. The summed E-state index contributed by atoms with van der Waals surface area (Å²) in [7, 11) is 1.59. The molecule has 0 aliphatic rings. The van der Waals surface area contributed by atoms with E-state index in [1.807, 2.05) is 0 Å². The van der Waals surface area contributed by atoms with Crippen molar-refractivity contribution in [2.75, 3.05) is 39.3 Å². The second-order valence-corrected chi connectivity index (χ2v) is 4.15. The van der Waals surface area contributed by atoms with E-state index in [2.05, 4.69) is 0 Å². The number of rotatable bonds is 7. The van der Waals surface area contributed by atoms with Crippen LogP contribution in [0.1, 0.15) is 10.6 Å². The topological polar surface area (TPSA) is 83.9 Å². The first-order chi connectivity index (χ1) is 9.70. The Bertz CT molecular complexity index is 578. The lowest BCUT2D eigenvalue weighted by atomic mass is 10.2. The maximum absolute atomic E-state index is 11.8. The molecule has 20 heavy (non-hydrogen) atoms. The number of nitrogens with two attached hydrogens (primary N) is 1. The van der Waals surface area contributed by atoms with Gasteiger partial charge in [0, 0.05) is 18.2 Å². The molecule has 2 aromatic rings. The number of carbonyl (C=O) groups is 1. The Kier molecular flexibility index (Phi) is 4.97. The summed E-state index contributed by atoms with van der Waals surface area (Å²) in [4.78, 5) is 11.8. The highest BCUT2D eigenvalue weighted by Gasteiger charge is 2.13. The zero-order valence-corrected chi connectivity index (χ0v) is 11.3. The molecule has 0 atom stereocenters. The Morgan fingerprint density at radius 3 is 2.80 bits per heavy atom. The number of ether oxygens (including phenoxy) is 3. The molecule has 2 rings (SSSR count). The van der Waals surface area contributed by atoms with Crippen LogP contribution in [0.15, 0.2) is 28.7 Å². The molecule has 0 spiro atoms. The molecular formula is C14H17NO5. The van der Waals surface area contributed by atoms with E-state index in [0.29, 0.717) is 31.1 Å². The summed E-state index contributed by atoms with van der Waals surface area (Å²) in [5, 5.41) is 0.772. The maximum atomic E-state index is 11.8. The number of fused-ring (bicyclic) bond motifs is 1. The molecule has 0 amide bonds.